The summed E-state index contributed by atoms with van der Waals surface area (Å²) < 4.78 is 2.04. The third-order valence-electron chi connectivity index (χ3n) is 4.94. The maximum absolute atomic E-state index is 4.37. The molecule has 3 heterocycles. The summed E-state index contributed by atoms with van der Waals surface area (Å²) in [6, 6.07) is 13.2. The number of benzene rings is 1. The van der Waals surface area contributed by atoms with Crippen molar-refractivity contribution in [3.63, 3.8) is 0 Å². The number of thioether (sulfide) groups is 1. The van der Waals surface area contributed by atoms with Crippen LogP contribution in [0, 0.1) is 0 Å². The minimum absolute atomic E-state index is 0.432. The standard InChI is InChI=1S/C20H23N5S/c1-26-19-6-2-4-16(12-19)14-24-10-7-18(8-11-24)25-15-20(22-23-25)17-5-3-9-21-13-17/h2-6,9,12-13,15,18H,7-8,10-11,14H2,1H3. The Hall–Kier alpha value is -2.18. The molecule has 134 valence electrons. The van der Waals surface area contributed by atoms with Crippen LogP contribution in [-0.2, 0) is 6.54 Å². The van der Waals surface area contributed by atoms with Gasteiger partial charge >= 0.3 is 0 Å². The van der Waals surface area contributed by atoms with E-state index in [-0.39, 0.29) is 0 Å². The molecule has 0 amide bonds. The van der Waals surface area contributed by atoms with Crippen LogP contribution in [-0.4, -0.2) is 44.2 Å². The fourth-order valence-corrected chi connectivity index (χ4v) is 3.96. The summed E-state index contributed by atoms with van der Waals surface area (Å²) >= 11 is 1.80. The highest BCUT2D eigenvalue weighted by molar-refractivity contribution is 7.98. The van der Waals surface area contributed by atoms with E-state index < -0.39 is 0 Å². The zero-order valence-electron chi connectivity index (χ0n) is 15.0. The van der Waals surface area contributed by atoms with Crippen LogP contribution in [0.2, 0.25) is 0 Å². The van der Waals surface area contributed by atoms with Gasteiger partial charge in [-0.1, -0.05) is 17.3 Å². The second-order valence-corrected chi connectivity index (χ2v) is 7.56. The van der Waals surface area contributed by atoms with Gasteiger partial charge in [-0.2, -0.15) is 0 Å². The number of pyridine rings is 1. The zero-order valence-corrected chi connectivity index (χ0v) is 15.8. The van der Waals surface area contributed by atoms with Crippen molar-refractivity contribution >= 4 is 11.8 Å². The molecule has 0 saturated carbocycles. The molecule has 0 atom stereocenters. The van der Waals surface area contributed by atoms with Gasteiger partial charge in [0.15, 0.2) is 0 Å². The van der Waals surface area contributed by atoms with E-state index in [1.165, 1.54) is 10.5 Å². The first kappa shape index (κ1) is 17.2. The van der Waals surface area contributed by atoms with Crippen LogP contribution in [0.25, 0.3) is 11.3 Å². The summed E-state index contributed by atoms with van der Waals surface area (Å²) in [5.41, 5.74) is 3.31. The minimum Gasteiger partial charge on any atom is -0.299 e. The van der Waals surface area contributed by atoms with E-state index in [0.29, 0.717) is 6.04 Å². The lowest BCUT2D eigenvalue weighted by molar-refractivity contribution is 0.172. The van der Waals surface area contributed by atoms with Crippen molar-refractivity contribution in [2.24, 2.45) is 0 Å². The molecule has 0 aliphatic carbocycles. The lowest BCUT2D eigenvalue weighted by atomic mass is 10.0. The third-order valence-corrected chi connectivity index (χ3v) is 5.66. The molecule has 1 aliphatic heterocycles. The Morgan fingerprint density at radius 3 is 2.81 bits per heavy atom. The summed E-state index contributed by atoms with van der Waals surface area (Å²) in [6.45, 7) is 3.21. The highest BCUT2D eigenvalue weighted by Gasteiger charge is 2.22. The Labute approximate surface area is 158 Å². The first-order valence-corrected chi connectivity index (χ1v) is 10.2. The van der Waals surface area contributed by atoms with E-state index in [1.807, 2.05) is 23.0 Å². The van der Waals surface area contributed by atoms with Crippen LogP contribution < -0.4 is 0 Å². The quantitative estimate of drug-likeness (QED) is 0.642. The van der Waals surface area contributed by atoms with Gasteiger partial charge in [0.1, 0.15) is 5.69 Å². The van der Waals surface area contributed by atoms with E-state index in [2.05, 4.69) is 56.9 Å². The molecular weight excluding hydrogens is 342 g/mol. The Bertz CT molecular complexity index is 840. The van der Waals surface area contributed by atoms with Crippen LogP contribution >= 0.6 is 11.8 Å². The molecule has 1 aliphatic rings. The number of piperidine rings is 1. The second kappa shape index (κ2) is 8.01. The predicted octanol–water partition coefficient (Wildman–Crippen LogP) is 3.90. The maximum atomic E-state index is 4.37. The van der Waals surface area contributed by atoms with E-state index in [9.17, 15) is 0 Å². The molecule has 0 N–H and O–H groups in total. The zero-order chi connectivity index (χ0) is 17.8. The molecule has 1 saturated heterocycles. The molecule has 0 radical (unpaired) electrons. The SMILES string of the molecule is CSc1cccc(CN2CCC(n3cc(-c4cccnc4)nn3)CC2)c1. The van der Waals surface area contributed by atoms with Crippen molar-refractivity contribution in [2.75, 3.05) is 19.3 Å². The number of hydrogen-bond donors (Lipinski definition) is 0. The van der Waals surface area contributed by atoms with Gasteiger partial charge in [-0.05, 0) is 48.9 Å². The van der Waals surface area contributed by atoms with Crippen molar-refractivity contribution in [3.05, 3.63) is 60.6 Å². The molecule has 2 aromatic heterocycles. The molecule has 3 aromatic rings. The Kier molecular flexibility index (Phi) is 5.32. The molecule has 0 unspecified atom stereocenters. The molecule has 5 nitrogen and oxygen atoms in total. The highest BCUT2D eigenvalue weighted by atomic mass is 32.2. The van der Waals surface area contributed by atoms with Crippen LogP contribution in [0.3, 0.4) is 0 Å². The van der Waals surface area contributed by atoms with Gasteiger partial charge < -0.3 is 0 Å². The summed E-state index contributed by atoms with van der Waals surface area (Å²) in [5.74, 6) is 0. The fourth-order valence-electron chi connectivity index (χ4n) is 3.47. The van der Waals surface area contributed by atoms with Gasteiger partial charge in [-0.25, -0.2) is 4.68 Å². The first-order chi connectivity index (χ1) is 12.8. The van der Waals surface area contributed by atoms with Crippen molar-refractivity contribution < 1.29 is 0 Å². The Morgan fingerprint density at radius 2 is 2.04 bits per heavy atom. The van der Waals surface area contributed by atoms with Crippen LogP contribution in [0.15, 0.2) is 59.9 Å². The molecule has 0 spiro atoms. The lowest BCUT2D eigenvalue weighted by Crippen LogP contribution is -2.34. The number of likely N-dealkylation sites (tertiary alicyclic amines) is 1. The number of hydrogen-bond acceptors (Lipinski definition) is 5. The summed E-state index contributed by atoms with van der Waals surface area (Å²) in [6.07, 6.45) is 10.0. The Balaban J connectivity index is 1.36. The first-order valence-electron chi connectivity index (χ1n) is 8.99. The summed E-state index contributed by atoms with van der Waals surface area (Å²) in [7, 11) is 0. The molecule has 1 aromatic carbocycles. The Morgan fingerprint density at radius 1 is 1.15 bits per heavy atom. The van der Waals surface area contributed by atoms with Gasteiger partial charge in [0, 0.05) is 42.5 Å². The third kappa shape index (κ3) is 3.97. The molecular formula is C20H23N5S. The van der Waals surface area contributed by atoms with Crippen LogP contribution in [0.1, 0.15) is 24.4 Å². The largest absolute Gasteiger partial charge is 0.299 e. The van der Waals surface area contributed by atoms with Gasteiger partial charge in [-0.15, -0.1) is 16.9 Å². The summed E-state index contributed by atoms with van der Waals surface area (Å²) in [5, 5.41) is 8.69. The average Bonchev–Trinajstić information content (AvgIpc) is 3.20. The average molecular weight is 366 g/mol. The van der Waals surface area contributed by atoms with Crippen LogP contribution in [0.5, 0.6) is 0 Å². The number of aromatic nitrogens is 4. The van der Waals surface area contributed by atoms with Crippen LogP contribution in [0.4, 0.5) is 0 Å². The van der Waals surface area contributed by atoms with Crippen molar-refractivity contribution in [2.45, 2.75) is 30.3 Å². The van der Waals surface area contributed by atoms with Gasteiger partial charge in [0.2, 0.25) is 0 Å². The monoisotopic (exact) mass is 365 g/mol. The van der Waals surface area contributed by atoms with E-state index >= 15 is 0 Å². The van der Waals surface area contributed by atoms with Gasteiger partial charge in [-0.3, -0.25) is 9.88 Å². The van der Waals surface area contributed by atoms with E-state index in [4.69, 9.17) is 0 Å². The lowest BCUT2D eigenvalue weighted by Gasteiger charge is -2.31. The molecule has 26 heavy (non-hydrogen) atoms. The minimum atomic E-state index is 0.432. The van der Waals surface area contributed by atoms with Crippen molar-refractivity contribution in [3.8, 4) is 11.3 Å². The maximum Gasteiger partial charge on any atom is 0.114 e. The van der Waals surface area contributed by atoms with Gasteiger partial charge in [0.25, 0.3) is 0 Å². The van der Waals surface area contributed by atoms with E-state index in [1.54, 1.807) is 18.0 Å². The predicted molar refractivity (Wildman–Crippen MR) is 105 cm³/mol. The second-order valence-electron chi connectivity index (χ2n) is 6.68. The highest BCUT2D eigenvalue weighted by Crippen LogP contribution is 2.25. The van der Waals surface area contributed by atoms with Crippen molar-refractivity contribution in [1.82, 2.24) is 24.9 Å². The molecule has 4 rings (SSSR count). The summed E-state index contributed by atoms with van der Waals surface area (Å²) in [4.78, 5) is 8.03. The van der Waals surface area contributed by atoms with Crippen molar-refractivity contribution in [1.29, 1.82) is 0 Å². The normalized spacial score (nSPS) is 16.0. The van der Waals surface area contributed by atoms with E-state index in [0.717, 1.165) is 43.7 Å². The molecule has 1 fully saturated rings. The number of rotatable bonds is 5. The smallest absolute Gasteiger partial charge is 0.114 e. The molecule has 6 heteroatoms. The fraction of sp³-hybridized carbons (Fsp3) is 0.350. The topological polar surface area (TPSA) is 46.8 Å². The number of nitrogens with zero attached hydrogens (tertiary/aromatic N) is 5. The van der Waals surface area contributed by atoms with Gasteiger partial charge in [0.05, 0.1) is 12.2 Å². The molecule has 0 bridgehead atoms.